The summed E-state index contributed by atoms with van der Waals surface area (Å²) in [6.07, 6.45) is 3.05. The molecule has 8 heteroatoms. The lowest BCUT2D eigenvalue weighted by Gasteiger charge is -2.15. The summed E-state index contributed by atoms with van der Waals surface area (Å²) in [4.78, 5) is 16.4. The van der Waals surface area contributed by atoms with Crippen LogP contribution in [0.1, 0.15) is 23.8 Å². The number of halogens is 2. The van der Waals surface area contributed by atoms with Crippen molar-refractivity contribution in [3.63, 3.8) is 0 Å². The number of cyclic esters (lactones) is 1. The monoisotopic (exact) mass is 501 g/mol. The summed E-state index contributed by atoms with van der Waals surface area (Å²) in [6.45, 7) is 2.60. The zero-order valence-electron chi connectivity index (χ0n) is 16.4. The maximum Gasteiger partial charge on any atom is 0.363 e. The van der Waals surface area contributed by atoms with Crippen molar-refractivity contribution in [1.82, 2.24) is 0 Å². The summed E-state index contributed by atoms with van der Waals surface area (Å²) in [5, 5.41) is 0.353. The summed E-state index contributed by atoms with van der Waals surface area (Å²) < 4.78 is 23.0. The number of aliphatic imine (C=N–C) groups is 1. The molecular formula is C23H17BrClNO5. The zero-order valence-corrected chi connectivity index (χ0v) is 18.8. The second-order valence-electron chi connectivity index (χ2n) is 6.46. The van der Waals surface area contributed by atoms with E-state index in [9.17, 15) is 4.79 Å². The van der Waals surface area contributed by atoms with Gasteiger partial charge in [-0.05, 0) is 48.9 Å². The van der Waals surface area contributed by atoms with Gasteiger partial charge in [0.05, 0.1) is 17.9 Å². The second-order valence-corrected chi connectivity index (χ2v) is 7.72. The number of carbonyl (C=O) groups is 1. The molecule has 1 aromatic heterocycles. The molecule has 0 bridgehead atoms. The van der Waals surface area contributed by atoms with Crippen LogP contribution < -0.4 is 9.47 Å². The second kappa shape index (κ2) is 9.41. The van der Waals surface area contributed by atoms with Gasteiger partial charge < -0.3 is 18.6 Å². The summed E-state index contributed by atoms with van der Waals surface area (Å²) in [6, 6.07) is 14.5. The molecule has 1 aliphatic heterocycles. The highest BCUT2D eigenvalue weighted by Crippen LogP contribution is 2.38. The lowest BCUT2D eigenvalue weighted by molar-refractivity contribution is -0.130. The minimum absolute atomic E-state index is 0.116. The molecule has 4 rings (SSSR count). The molecule has 0 radical (unpaired) electrons. The Balaban J connectivity index is 1.62. The van der Waals surface area contributed by atoms with E-state index in [1.54, 1.807) is 30.3 Å². The van der Waals surface area contributed by atoms with Crippen molar-refractivity contribution in [3.8, 4) is 11.5 Å². The third-order valence-electron chi connectivity index (χ3n) is 4.32. The van der Waals surface area contributed by atoms with Crippen LogP contribution in [0.3, 0.4) is 0 Å². The molecule has 0 atom stereocenters. The van der Waals surface area contributed by atoms with Crippen molar-refractivity contribution in [3.05, 3.63) is 86.9 Å². The Labute approximate surface area is 192 Å². The van der Waals surface area contributed by atoms with E-state index in [1.807, 2.05) is 31.2 Å². The molecule has 0 spiro atoms. The summed E-state index contributed by atoms with van der Waals surface area (Å²) in [5.74, 6) is 0.812. The number of nitrogens with zero attached hydrogens (tertiary/aromatic N) is 1. The van der Waals surface area contributed by atoms with E-state index < -0.39 is 5.97 Å². The first-order valence-electron chi connectivity index (χ1n) is 9.44. The van der Waals surface area contributed by atoms with Crippen molar-refractivity contribution >= 4 is 45.5 Å². The van der Waals surface area contributed by atoms with E-state index >= 15 is 0 Å². The molecule has 158 valence electrons. The van der Waals surface area contributed by atoms with Gasteiger partial charge in [-0.2, -0.15) is 0 Å². The topological polar surface area (TPSA) is 70.3 Å². The molecule has 0 N–H and O–H groups in total. The van der Waals surface area contributed by atoms with Crippen LogP contribution in [0.5, 0.6) is 11.5 Å². The summed E-state index contributed by atoms with van der Waals surface area (Å²) >= 11 is 10.0. The number of furan rings is 1. The predicted molar refractivity (Wildman–Crippen MR) is 120 cm³/mol. The Kier molecular flexibility index (Phi) is 6.44. The molecule has 31 heavy (non-hydrogen) atoms. The van der Waals surface area contributed by atoms with E-state index in [2.05, 4.69) is 20.9 Å². The van der Waals surface area contributed by atoms with Gasteiger partial charge in [-0.1, -0.05) is 45.7 Å². The normalized spacial score (nSPS) is 14.5. The van der Waals surface area contributed by atoms with Gasteiger partial charge in [0, 0.05) is 10.0 Å². The van der Waals surface area contributed by atoms with Crippen molar-refractivity contribution in [2.24, 2.45) is 4.99 Å². The largest absolute Gasteiger partial charge is 0.490 e. The minimum Gasteiger partial charge on any atom is -0.490 e. The van der Waals surface area contributed by atoms with Crippen LogP contribution in [0.25, 0.3) is 6.08 Å². The fourth-order valence-electron chi connectivity index (χ4n) is 2.91. The number of rotatable bonds is 7. The SMILES string of the molecule is CCOc1cc(/C=C2\N=C(c3ccco3)OC2=O)cc(Cl)c1OCc1ccccc1Br. The van der Waals surface area contributed by atoms with Crippen LogP contribution in [0.15, 0.2) is 74.4 Å². The first-order valence-corrected chi connectivity index (χ1v) is 10.6. The van der Waals surface area contributed by atoms with Gasteiger partial charge >= 0.3 is 5.97 Å². The lowest BCUT2D eigenvalue weighted by Crippen LogP contribution is -2.04. The molecule has 1 aliphatic rings. The fraction of sp³-hybridized carbons (Fsp3) is 0.130. The average Bonchev–Trinajstić information content (AvgIpc) is 3.39. The van der Waals surface area contributed by atoms with Crippen LogP contribution in [0.4, 0.5) is 0 Å². The van der Waals surface area contributed by atoms with Crippen molar-refractivity contribution in [2.75, 3.05) is 6.61 Å². The van der Waals surface area contributed by atoms with Gasteiger partial charge in [0.2, 0.25) is 0 Å². The van der Waals surface area contributed by atoms with Crippen LogP contribution in [-0.4, -0.2) is 18.5 Å². The van der Waals surface area contributed by atoms with Crippen LogP contribution in [0, 0.1) is 0 Å². The van der Waals surface area contributed by atoms with Gasteiger partial charge in [0.25, 0.3) is 5.90 Å². The molecule has 0 saturated heterocycles. The number of esters is 1. The van der Waals surface area contributed by atoms with Crippen molar-refractivity contribution in [1.29, 1.82) is 0 Å². The molecule has 6 nitrogen and oxygen atoms in total. The Hall–Kier alpha value is -3.03. The maximum absolute atomic E-state index is 12.2. The van der Waals surface area contributed by atoms with Gasteiger partial charge in [-0.3, -0.25) is 0 Å². The van der Waals surface area contributed by atoms with Crippen LogP contribution in [0.2, 0.25) is 5.02 Å². The molecule has 3 aromatic rings. The average molecular weight is 503 g/mol. The predicted octanol–water partition coefficient (Wildman–Crippen LogP) is 6.02. The molecular weight excluding hydrogens is 486 g/mol. The highest BCUT2D eigenvalue weighted by atomic mass is 79.9. The van der Waals surface area contributed by atoms with Crippen LogP contribution >= 0.6 is 27.5 Å². The maximum atomic E-state index is 12.2. The quantitative estimate of drug-likeness (QED) is 0.292. The number of hydrogen-bond donors (Lipinski definition) is 0. The Bertz CT molecular complexity index is 1170. The molecule has 0 amide bonds. The standard InChI is InChI=1S/C23H17BrClNO5/c1-2-28-20-12-14(11-18-23(27)31-22(26-18)19-8-5-9-29-19)10-17(25)21(20)30-13-15-6-3-4-7-16(15)24/h3-12H,2,13H2,1H3/b18-11-. The molecule has 0 saturated carbocycles. The Morgan fingerprint density at radius 1 is 1.16 bits per heavy atom. The van der Waals surface area contributed by atoms with E-state index in [-0.39, 0.29) is 11.6 Å². The number of carbonyl (C=O) groups excluding carboxylic acids is 1. The van der Waals surface area contributed by atoms with Gasteiger partial charge in [-0.15, -0.1) is 0 Å². The summed E-state index contributed by atoms with van der Waals surface area (Å²) in [5.41, 5.74) is 1.73. The molecule has 2 aromatic carbocycles. The highest BCUT2D eigenvalue weighted by molar-refractivity contribution is 9.10. The van der Waals surface area contributed by atoms with Crippen LogP contribution in [-0.2, 0) is 16.1 Å². The summed E-state index contributed by atoms with van der Waals surface area (Å²) in [7, 11) is 0. The fourth-order valence-corrected chi connectivity index (χ4v) is 3.59. The Morgan fingerprint density at radius 3 is 2.74 bits per heavy atom. The first-order chi connectivity index (χ1) is 15.0. The molecule has 0 unspecified atom stereocenters. The van der Waals surface area contributed by atoms with E-state index in [1.165, 1.54) is 6.26 Å². The van der Waals surface area contributed by atoms with Gasteiger partial charge in [0.15, 0.2) is 23.0 Å². The van der Waals surface area contributed by atoms with E-state index in [0.717, 1.165) is 10.0 Å². The van der Waals surface area contributed by atoms with E-state index in [4.69, 9.17) is 30.2 Å². The lowest BCUT2D eigenvalue weighted by atomic mass is 10.1. The minimum atomic E-state index is -0.574. The number of hydrogen-bond acceptors (Lipinski definition) is 6. The van der Waals surface area contributed by atoms with Crippen molar-refractivity contribution < 1.29 is 23.4 Å². The third kappa shape index (κ3) is 4.84. The Morgan fingerprint density at radius 2 is 2.00 bits per heavy atom. The van der Waals surface area contributed by atoms with Gasteiger partial charge in [0.1, 0.15) is 6.61 Å². The van der Waals surface area contributed by atoms with Crippen molar-refractivity contribution in [2.45, 2.75) is 13.5 Å². The molecule has 0 fully saturated rings. The number of benzene rings is 2. The zero-order chi connectivity index (χ0) is 21.8. The molecule has 0 aliphatic carbocycles. The molecule has 2 heterocycles. The first kappa shape index (κ1) is 21.2. The van der Waals surface area contributed by atoms with Gasteiger partial charge in [-0.25, -0.2) is 9.79 Å². The van der Waals surface area contributed by atoms with E-state index in [0.29, 0.717) is 41.1 Å². The third-order valence-corrected chi connectivity index (χ3v) is 5.37. The number of ether oxygens (including phenoxy) is 3. The smallest absolute Gasteiger partial charge is 0.363 e. The highest BCUT2D eigenvalue weighted by Gasteiger charge is 2.26.